The number of rotatable bonds is 4. The topological polar surface area (TPSA) is 34.0 Å². The molecule has 1 aliphatic rings. The maximum Gasteiger partial charge on any atom is 0.122 e. The van der Waals surface area contributed by atoms with E-state index in [-0.39, 0.29) is 0 Å². The van der Waals surface area contributed by atoms with Crippen LogP contribution in [0.2, 0.25) is 0 Å². The molecule has 1 atom stereocenters. The maximum absolute atomic E-state index is 4.44. The van der Waals surface area contributed by atoms with E-state index in [0.29, 0.717) is 0 Å². The number of piperidine rings is 1. The molecule has 4 heteroatoms. The minimum atomic E-state index is 0.739. The smallest absolute Gasteiger partial charge is 0.122 e. The van der Waals surface area contributed by atoms with E-state index >= 15 is 0 Å². The largest absolute Gasteiger partial charge is 0.337 e. The standard InChI is InChI=1S/C17H24N4/c1-14-5-6-15(11-19-14)10-16-4-3-8-21(12-16)13-17-18-7-9-20(17)2/h5-7,9,11,16H,3-4,8,10,12-13H2,1-2H3/t16-/m1/s1. The minimum absolute atomic E-state index is 0.739. The average molecular weight is 284 g/mol. The first kappa shape index (κ1) is 14.3. The van der Waals surface area contributed by atoms with Crippen LogP contribution in [0.15, 0.2) is 30.7 Å². The quantitative estimate of drug-likeness (QED) is 0.865. The molecular weight excluding hydrogens is 260 g/mol. The van der Waals surface area contributed by atoms with Crippen LogP contribution in [-0.2, 0) is 20.0 Å². The molecule has 0 spiro atoms. The van der Waals surface area contributed by atoms with Crippen molar-refractivity contribution < 1.29 is 0 Å². The molecule has 0 N–H and O–H groups in total. The molecular formula is C17H24N4. The summed E-state index contributed by atoms with van der Waals surface area (Å²) in [5.41, 5.74) is 2.46. The van der Waals surface area contributed by atoms with Crippen LogP contribution < -0.4 is 0 Å². The van der Waals surface area contributed by atoms with Crippen molar-refractivity contribution in [1.82, 2.24) is 19.4 Å². The number of pyridine rings is 1. The van der Waals surface area contributed by atoms with Crippen LogP contribution in [0.4, 0.5) is 0 Å². The highest BCUT2D eigenvalue weighted by Crippen LogP contribution is 2.21. The van der Waals surface area contributed by atoms with Gasteiger partial charge in [0.15, 0.2) is 0 Å². The first-order valence-electron chi connectivity index (χ1n) is 7.81. The Kier molecular flexibility index (Phi) is 4.34. The summed E-state index contributed by atoms with van der Waals surface area (Å²) in [6.45, 7) is 5.36. The molecule has 0 amide bonds. The number of likely N-dealkylation sites (tertiary alicyclic amines) is 1. The maximum atomic E-state index is 4.44. The lowest BCUT2D eigenvalue weighted by molar-refractivity contribution is 0.162. The van der Waals surface area contributed by atoms with Crippen LogP contribution in [0.5, 0.6) is 0 Å². The Morgan fingerprint density at radius 1 is 1.29 bits per heavy atom. The Bertz CT molecular complexity index is 573. The Labute approximate surface area is 126 Å². The fraction of sp³-hybridized carbons (Fsp3) is 0.529. The normalized spacial score (nSPS) is 19.8. The zero-order valence-corrected chi connectivity index (χ0v) is 13.0. The van der Waals surface area contributed by atoms with Gasteiger partial charge in [0.2, 0.25) is 0 Å². The van der Waals surface area contributed by atoms with E-state index in [2.05, 4.69) is 38.6 Å². The molecule has 0 saturated carbocycles. The van der Waals surface area contributed by atoms with Crippen LogP contribution in [0.3, 0.4) is 0 Å². The summed E-state index contributed by atoms with van der Waals surface area (Å²) in [5, 5.41) is 0. The lowest BCUT2D eigenvalue weighted by Crippen LogP contribution is -2.36. The molecule has 21 heavy (non-hydrogen) atoms. The van der Waals surface area contributed by atoms with Gasteiger partial charge in [0.1, 0.15) is 5.82 Å². The molecule has 3 rings (SSSR count). The molecule has 0 aromatic carbocycles. The van der Waals surface area contributed by atoms with Gasteiger partial charge in [-0.25, -0.2) is 4.98 Å². The molecule has 112 valence electrons. The highest BCUT2D eigenvalue weighted by atomic mass is 15.2. The third-order valence-electron chi connectivity index (χ3n) is 4.39. The number of imidazole rings is 1. The second-order valence-electron chi connectivity index (χ2n) is 6.21. The average Bonchev–Trinajstić information content (AvgIpc) is 2.87. The van der Waals surface area contributed by atoms with Crippen molar-refractivity contribution in [2.45, 2.75) is 32.7 Å². The molecule has 0 bridgehead atoms. The summed E-state index contributed by atoms with van der Waals surface area (Å²) >= 11 is 0. The lowest BCUT2D eigenvalue weighted by Gasteiger charge is -2.32. The molecule has 0 aliphatic carbocycles. The molecule has 2 aromatic rings. The highest BCUT2D eigenvalue weighted by Gasteiger charge is 2.21. The molecule has 1 fully saturated rings. The Morgan fingerprint density at radius 3 is 2.90 bits per heavy atom. The number of nitrogens with zero attached hydrogens (tertiary/aromatic N) is 4. The van der Waals surface area contributed by atoms with Crippen molar-refractivity contribution in [3.63, 3.8) is 0 Å². The summed E-state index contributed by atoms with van der Waals surface area (Å²) in [6.07, 6.45) is 9.69. The van der Waals surface area contributed by atoms with Crippen LogP contribution in [0, 0.1) is 12.8 Å². The van der Waals surface area contributed by atoms with Gasteiger partial charge in [0.05, 0.1) is 6.54 Å². The first-order valence-corrected chi connectivity index (χ1v) is 7.81. The summed E-state index contributed by atoms with van der Waals surface area (Å²) in [7, 11) is 2.07. The molecule has 1 aliphatic heterocycles. The Balaban J connectivity index is 1.58. The summed E-state index contributed by atoms with van der Waals surface area (Å²) < 4.78 is 2.12. The molecule has 3 heterocycles. The predicted octanol–water partition coefficient (Wildman–Crippen LogP) is 2.58. The SMILES string of the molecule is Cc1ccc(C[C@H]2CCCN(Cc3nccn3C)C2)cn1. The monoisotopic (exact) mass is 284 g/mol. The fourth-order valence-corrected chi connectivity index (χ4v) is 3.16. The molecule has 1 saturated heterocycles. The van der Waals surface area contributed by atoms with Gasteiger partial charge < -0.3 is 4.57 Å². The van der Waals surface area contributed by atoms with Gasteiger partial charge in [-0.15, -0.1) is 0 Å². The predicted molar refractivity (Wildman–Crippen MR) is 83.9 cm³/mol. The van der Waals surface area contributed by atoms with Crippen molar-refractivity contribution in [2.75, 3.05) is 13.1 Å². The molecule has 4 nitrogen and oxygen atoms in total. The second-order valence-corrected chi connectivity index (χ2v) is 6.21. The summed E-state index contributed by atoms with van der Waals surface area (Å²) in [5.74, 6) is 1.90. The van der Waals surface area contributed by atoms with Gasteiger partial charge in [0, 0.05) is 37.9 Å². The van der Waals surface area contributed by atoms with E-state index in [9.17, 15) is 0 Å². The van der Waals surface area contributed by atoms with Crippen molar-refractivity contribution in [1.29, 1.82) is 0 Å². The van der Waals surface area contributed by atoms with Crippen molar-refractivity contribution in [3.8, 4) is 0 Å². The van der Waals surface area contributed by atoms with E-state index in [1.54, 1.807) is 0 Å². The zero-order valence-electron chi connectivity index (χ0n) is 13.0. The van der Waals surface area contributed by atoms with Crippen molar-refractivity contribution in [2.24, 2.45) is 13.0 Å². The second kappa shape index (κ2) is 6.39. The van der Waals surface area contributed by atoms with E-state index in [1.807, 2.05) is 25.5 Å². The minimum Gasteiger partial charge on any atom is -0.337 e. The van der Waals surface area contributed by atoms with Crippen LogP contribution >= 0.6 is 0 Å². The Morgan fingerprint density at radius 2 is 2.19 bits per heavy atom. The first-order chi connectivity index (χ1) is 10.2. The molecule has 0 radical (unpaired) electrons. The van der Waals surface area contributed by atoms with Gasteiger partial charge in [-0.05, 0) is 50.3 Å². The lowest BCUT2D eigenvalue weighted by atomic mass is 9.92. The van der Waals surface area contributed by atoms with E-state index in [1.165, 1.54) is 31.5 Å². The van der Waals surface area contributed by atoms with Gasteiger partial charge >= 0.3 is 0 Å². The van der Waals surface area contributed by atoms with Crippen LogP contribution in [-0.4, -0.2) is 32.5 Å². The number of aryl methyl sites for hydroxylation is 2. The van der Waals surface area contributed by atoms with E-state index in [4.69, 9.17) is 0 Å². The van der Waals surface area contributed by atoms with Gasteiger partial charge in [-0.3, -0.25) is 9.88 Å². The third kappa shape index (κ3) is 3.70. The summed E-state index contributed by atoms with van der Waals surface area (Å²) in [6, 6.07) is 4.34. The van der Waals surface area contributed by atoms with E-state index < -0.39 is 0 Å². The van der Waals surface area contributed by atoms with Crippen molar-refractivity contribution >= 4 is 0 Å². The van der Waals surface area contributed by atoms with Crippen LogP contribution in [0.25, 0.3) is 0 Å². The van der Waals surface area contributed by atoms with Crippen molar-refractivity contribution in [3.05, 3.63) is 47.8 Å². The third-order valence-corrected chi connectivity index (χ3v) is 4.39. The highest BCUT2D eigenvalue weighted by molar-refractivity contribution is 5.14. The number of hydrogen-bond donors (Lipinski definition) is 0. The summed E-state index contributed by atoms with van der Waals surface area (Å²) in [4.78, 5) is 11.4. The van der Waals surface area contributed by atoms with Gasteiger partial charge in [0.25, 0.3) is 0 Å². The molecule has 0 unspecified atom stereocenters. The number of aromatic nitrogens is 3. The van der Waals surface area contributed by atoms with Crippen LogP contribution in [0.1, 0.15) is 29.9 Å². The molecule has 2 aromatic heterocycles. The van der Waals surface area contributed by atoms with Gasteiger partial charge in [-0.1, -0.05) is 6.07 Å². The zero-order chi connectivity index (χ0) is 14.7. The van der Waals surface area contributed by atoms with E-state index in [0.717, 1.165) is 30.4 Å². The Hall–Kier alpha value is -1.68. The van der Waals surface area contributed by atoms with Gasteiger partial charge in [-0.2, -0.15) is 0 Å². The fourth-order valence-electron chi connectivity index (χ4n) is 3.16. The number of hydrogen-bond acceptors (Lipinski definition) is 3.